The second kappa shape index (κ2) is 8.39. The molecule has 0 unspecified atom stereocenters. The number of aromatic nitrogens is 1. The fourth-order valence-corrected chi connectivity index (χ4v) is 4.29. The van der Waals surface area contributed by atoms with Crippen molar-refractivity contribution in [2.75, 3.05) is 19.6 Å². The number of hydrogen-bond acceptors (Lipinski definition) is 5. The lowest BCUT2D eigenvalue weighted by molar-refractivity contribution is 0.0436. The number of piperidine rings is 1. The Morgan fingerprint density at radius 1 is 1.26 bits per heavy atom. The largest absolute Gasteiger partial charge is 0.350 e. The average molecular weight is 428 g/mol. The number of alkyl halides is 1. The van der Waals surface area contributed by atoms with Gasteiger partial charge in [0.1, 0.15) is 17.2 Å². The van der Waals surface area contributed by atoms with E-state index < -0.39 is 11.5 Å². The van der Waals surface area contributed by atoms with Crippen molar-refractivity contribution in [1.29, 1.82) is 5.26 Å². The molecule has 0 atom stereocenters. The van der Waals surface area contributed by atoms with E-state index in [1.807, 2.05) is 11.0 Å². The van der Waals surface area contributed by atoms with Crippen LogP contribution < -0.4 is 0 Å². The molecule has 6 nitrogen and oxygen atoms in total. The van der Waals surface area contributed by atoms with Gasteiger partial charge < -0.3 is 14.3 Å². The molecule has 2 aromatic rings. The summed E-state index contributed by atoms with van der Waals surface area (Å²) in [7, 11) is 0. The fourth-order valence-electron chi connectivity index (χ4n) is 4.29. The maximum Gasteiger partial charge on any atom is 0.292 e. The number of hydrogen-bond donors (Lipinski definition) is 0. The molecule has 2 aliphatic rings. The van der Waals surface area contributed by atoms with Crippen molar-refractivity contribution >= 4 is 5.91 Å². The average Bonchev–Trinajstić information content (AvgIpc) is 3.43. The number of carbonyl (C=O) groups is 1. The number of benzene rings is 1. The minimum Gasteiger partial charge on any atom is -0.350 e. The van der Waals surface area contributed by atoms with Gasteiger partial charge in [-0.15, -0.1) is 0 Å². The smallest absolute Gasteiger partial charge is 0.292 e. The van der Waals surface area contributed by atoms with Crippen LogP contribution in [-0.2, 0) is 0 Å². The summed E-state index contributed by atoms with van der Waals surface area (Å²) < 4.78 is 33.6. The summed E-state index contributed by atoms with van der Waals surface area (Å²) in [5.41, 5.74) is -0.623. The summed E-state index contributed by atoms with van der Waals surface area (Å²) in [4.78, 5) is 17.2. The fraction of sp³-hybridized carbons (Fsp3) is 0.522. The van der Waals surface area contributed by atoms with Crippen molar-refractivity contribution in [2.24, 2.45) is 0 Å². The molecule has 1 amide bonds. The Balaban J connectivity index is 1.47. The number of amides is 1. The molecule has 0 spiro atoms. The van der Waals surface area contributed by atoms with Gasteiger partial charge in [0.15, 0.2) is 0 Å². The summed E-state index contributed by atoms with van der Waals surface area (Å²) in [5, 5.41) is 12.8. The van der Waals surface area contributed by atoms with Gasteiger partial charge in [-0.3, -0.25) is 4.79 Å². The number of nitrogens with zero attached hydrogens (tertiary/aromatic N) is 4. The summed E-state index contributed by atoms with van der Waals surface area (Å²) >= 11 is 0. The molecule has 164 valence electrons. The molecule has 1 saturated carbocycles. The van der Waals surface area contributed by atoms with Crippen LogP contribution in [0.3, 0.4) is 0 Å². The van der Waals surface area contributed by atoms with Crippen LogP contribution in [0.25, 0.3) is 11.3 Å². The van der Waals surface area contributed by atoms with Gasteiger partial charge in [-0.25, -0.2) is 8.78 Å². The van der Waals surface area contributed by atoms with Gasteiger partial charge in [-0.2, -0.15) is 5.26 Å². The SMILES string of the molecule is CC(C)(F)CN1CCC(N(C(=O)c2cc(-c3ccc(C#N)cc3F)no2)C2CC2)CC1. The van der Waals surface area contributed by atoms with Gasteiger partial charge in [0.05, 0.1) is 11.6 Å². The molecule has 2 heterocycles. The Bertz CT molecular complexity index is 996. The Labute approximate surface area is 180 Å². The van der Waals surface area contributed by atoms with Crippen molar-refractivity contribution in [1.82, 2.24) is 15.0 Å². The lowest BCUT2D eigenvalue weighted by Gasteiger charge is -2.39. The number of nitriles is 1. The van der Waals surface area contributed by atoms with Crippen LogP contribution in [0.5, 0.6) is 0 Å². The summed E-state index contributed by atoms with van der Waals surface area (Å²) in [6, 6.07) is 7.69. The first-order valence-corrected chi connectivity index (χ1v) is 10.7. The van der Waals surface area contributed by atoms with Crippen LogP contribution in [0.4, 0.5) is 8.78 Å². The van der Waals surface area contributed by atoms with Gasteiger partial charge >= 0.3 is 0 Å². The quantitative estimate of drug-likeness (QED) is 0.691. The van der Waals surface area contributed by atoms with Crippen LogP contribution in [0.2, 0.25) is 0 Å². The summed E-state index contributed by atoms with van der Waals surface area (Å²) in [5.74, 6) is -0.744. The number of carbonyl (C=O) groups excluding carboxylic acids is 1. The highest BCUT2D eigenvalue weighted by Gasteiger charge is 2.40. The molecule has 8 heteroatoms. The van der Waals surface area contributed by atoms with Gasteiger partial charge in [-0.1, -0.05) is 5.16 Å². The van der Waals surface area contributed by atoms with E-state index in [0.717, 1.165) is 44.8 Å². The molecular formula is C23H26F2N4O2. The van der Waals surface area contributed by atoms with Crippen LogP contribution >= 0.6 is 0 Å². The standard InChI is InChI=1S/C23H26F2N4O2/c1-23(2,25)14-28-9-7-17(8-10-28)29(16-4-5-16)22(30)21-12-20(27-31-21)18-6-3-15(13-26)11-19(18)24/h3,6,11-12,16-17H,4-5,7-10,14H2,1-2H3. The zero-order chi connectivity index (χ0) is 22.2. The third-order valence-corrected chi connectivity index (χ3v) is 5.82. The maximum atomic E-state index is 14.3. The summed E-state index contributed by atoms with van der Waals surface area (Å²) in [6.45, 7) is 5.03. The van der Waals surface area contributed by atoms with E-state index in [1.165, 1.54) is 18.2 Å². The monoisotopic (exact) mass is 428 g/mol. The lowest BCUT2D eigenvalue weighted by Crippen LogP contribution is -2.50. The Morgan fingerprint density at radius 3 is 2.52 bits per heavy atom. The van der Waals surface area contributed by atoms with E-state index in [4.69, 9.17) is 9.78 Å². The topological polar surface area (TPSA) is 73.4 Å². The molecule has 0 radical (unpaired) electrons. The molecule has 4 rings (SSSR count). The van der Waals surface area contributed by atoms with Gasteiger partial charge in [0.2, 0.25) is 5.76 Å². The Hall–Kier alpha value is -2.79. The highest BCUT2D eigenvalue weighted by atomic mass is 19.1. The third kappa shape index (κ3) is 4.93. The van der Waals surface area contributed by atoms with E-state index in [-0.39, 0.29) is 40.6 Å². The molecule has 31 heavy (non-hydrogen) atoms. The molecule has 1 aromatic carbocycles. The first-order valence-electron chi connectivity index (χ1n) is 10.7. The molecule has 0 bridgehead atoms. The van der Waals surface area contributed by atoms with Gasteiger partial charge in [0, 0.05) is 43.3 Å². The van der Waals surface area contributed by atoms with Crippen LogP contribution in [0.15, 0.2) is 28.8 Å². The predicted octanol–water partition coefficient (Wildman–Crippen LogP) is 4.17. The zero-order valence-electron chi connectivity index (χ0n) is 17.8. The Morgan fingerprint density at radius 2 is 1.94 bits per heavy atom. The molecule has 1 aliphatic carbocycles. The van der Waals surface area contributed by atoms with Crippen molar-refractivity contribution in [3.05, 3.63) is 41.4 Å². The first kappa shape index (κ1) is 21.4. The second-order valence-electron chi connectivity index (χ2n) is 9.05. The molecule has 1 aromatic heterocycles. The van der Waals surface area contributed by atoms with Crippen molar-refractivity contribution in [2.45, 2.75) is 57.3 Å². The van der Waals surface area contributed by atoms with E-state index >= 15 is 0 Å². The lowest BCUT2D eigenvalue weighted by atomic mass is 10.0. The van der Waals surface area contributed by atoms with Crippen molar-refractivity contribution in [3.63, 3.8) is 0 Å². The molecule has 0 N–H and O–H groups in total. The van der Waals surface area contributed by atoms with E-state index in [9.17, 15) is 13.6 Å². The second-order valence-corrected chi connectivity index (χ2v) is 9.05. The maximum absolute atomic E-state index is 14.3. The van der Waals surface area contributed by atoms with E-state index in [2.05, 4.69) is 10.1 Å². The summed E-state index contributed by atoms with van der Waals surface area (Å²) in [6.07, 6.45) is 3.47. The third-order valence-electron chi connectivity index (χ3n) is 5.82. The highest BCUT2D eigenvalue weighted by Crippen LogP contribution is 2.34. The zero-order valence-corrected chi connectivity index (χ0v) is 17.8. The normalized spacial score (nSPS) is 18.0. The molecule has 1 aliphatic heterocycles. The molecular weight excluding hydrogens is 402 g/mol. The number of rotatable bonds is 6. The minimum absolute atomic E-state index is 0.0687. The highest BCUT2D eigenvalue weighted by molar-refractivity contribution is 5.93. The van der Waals surface area contributed by atoms with Crippen LogP contribution in [-0.4, -0.2) is 58.3 Å². The van der Waals surface area contributed by atoms with Crippen LogP contribution in [0, 0.1) is 17.1 Å². The van der Waals surface area contributed by atoms with Crippen molar-refractivity contribution in [3.8, 4) is 17.3 Å². The number of likely N-dealkylation sites (tertiary alicyclic amines) is 1. The van der Waals surface area contributed by atoms with Crippen molar-refractivity contribution < 1.29 is 18.1 Å². The van der Waals surface area contributed by atoms with Gasteiger partial charge in [-0.05, 0) is 57.7 Å². The first-order chi connectivity index (χ1) is 14.7. The molecule has 1 saturated heterocycles. The van der Waals surface area contributed by atoms with Crippen LogP contribution in [0.1, 0.15) is 55.6 Å². The predicted molar refractivity (Wildman–Crippen MR) is 110 cm³/mol. The van der Waals surface area contributed by atoms with E-state index in [0.29, 0.717) is 6.54 Å². The number of halogens is 2. The van der Waals surface area contributed by atoms with E-state index in [1.54, 1.807) is 13.8 Å². The van der Waals surface area contributed by atoms with Gasteiger partial charge in [0.25, 0.3) is 5.91 Å². The molecule has 2 fully saturated rings. The Kier molecular flexibility index (Phi) is 5.80. The minimum atomic E-state index is -1.24.